The summed E-state index contributed by atoms with van der Waals surface area (Å²) < 4.78 is 0. The first kappa shape index (κ1) is 18.0. The molecule has 1 unspecified atom stereocenters. The molecule has 0 aliphatic heterocycles. The Bertz CT molecular complexity index is 903. The van der Waals surface area contributed by atoms with Crippen LogP contribution in [0.2, 0.25) is 0 Å². The molecule has 0 bridgehead atoms. The van der Waals surface area contributed by atoms with Crippen LogP contribution in [-0.4, -0.2) is 28.1 Å². The summed E-state index contributed by atoms with van der Waals surface area (Å²) in [6.45, 7) is 6.15. The summed E-state index contributed by atoms with van der Waals surface area (Å²) in [6.07, 6.45) is 0. The molecule has 0 saturated carbocycles. The number of hydrogen-bond donors (Lipinski definition) is 2. The van der Waals surface area contributed by atoms with Gasteiger partial charge in [0.1, 0.15) is 10.8 Å². The number of nitrogens with one attached hydrogen (secondary N) is 2. The number of benzene rings is 1. The SMILES string of the molecule is CNC(=O)c1ccc(NC(C)c2sc(-c3ccc(C)cc3)nc2C)nn1. The van der Waals surface area contributed by atoms with E-state index in [-0.39, 0.29) is 11.9 Å². The number of aryl methyl sites for hydroxylation is 2. The predicted octanol–water partition coefficient (Wildman–Crippen LogP) is 3.75. The van der Waals surface area contributed by atoms with Crippen LogP contribution in [0.1, 0.15) is 39.6 Å². The predicted molar refractivity (Wildman–Crippen MR) is 104 cm³/mol. The minimum atomic E-state index is -0.252. The van der Waals surface area contributed by atoms with Gasteiger partial charge in [0.15, 0.2) is 5.69 Å². The summed E-state index contributed by atoms with van der Waals surface area (Å²) in [7, 11) is 1.57. The molecule has 3 rings (SSSR count). The fraction of sp³-hybridized carbons (Fsp3) is 0.263. The lowest BCUT2D eigenvalue weighted by molar-refractivity contribution is 0.0957. The molecule has 134 valence electrons. The van der Waals surface area contributed by atoms with Crippen LogP contribution in [-0.2, 0) is 0 Å². The van der Waals surface area contributed by atoms with Gasteiger partial charge in [-0.05, 0) is 32.9 Å². The normalized spacial score (nSPS) is 11.8. The van der Waals surface area contributed by atoms with Crippen molar-refractivity contribution in [2.75, 3.05) is 12.4 Å². The lowest BCUT2D eigenvalue weighted by Crippen LogP contribution is -2.20. The Labute approximate surface area is 156 Å². The second-order valence-electron chi connectivity index (χ2n) is 6.08. The highest BCUT2D eigenvalue weighted by Crippen LogP contribution is 2.33. The van der Waals surface area contributed by atoms with E-state index in [9.17, 15) is 4.79 Å². The van der Waals surface area contributed by atoms with Gasteiger partial charge < -0.3 is 10.6 Å². The molecule has 0 spiro atoms. The third kappa shape index (κ3) is 3.88. The highest BCUT2D eigenvalue weighted by Gasteiger charge is 2.16. The molecule has 7 heteroatoms. The first-order valence-electron chi connectivity index (χ1n) is 8.34. The van der Waals surface area contributed by atoms with Gasteiger partial charge in [-0.3, -0.25) is 4.79 Å². The van der Waals surface area contributed by atoms with Crippen LogP contribution in [0.4, 0.5) is 5.82 Å². The van der Waals surface area contributed by atoms with E-state index < -0.39 is 0 Å². The number of aromatic nitrogens is 3. The van der Waals surface area contributed by atoms with Gasteiger partial charge in [0, 0.05) is 17.5 Å². The summed E-state index contributed by atoms with van der Waals surface area (Å²) in [5, 5.41) is 14.9. The molecule has 0 radical (unpaired) electrons. The minimum Gasteiger partial charge on any atom is -0.361 e. The molecule has 1 aromatic carbocycles. The second kappa shape index (κ2) is 7.61. The van der Waals surface area contributed by atoms with E-state index >= 15 is 0 Å². The van der Waals surface area contributed by atoms with Crippen molar-refractivity contribution in [3.8, 4) is 10.6 Å². The molecule has 26 heavy (non-hydrogen) atoms. The van der Waals surface area contributed by atoms with E-state index in [1.54, 1.807) is 30.5 Å². The number of carbonyl (C=O) groups excluding carboxylic acids is 1. The number of hydrogen-bond acceptors (Lipinski definition) is 6. The van der Waals surface area contributed by atoms with Crippen LogP contribution in [0.25, 0.3) is 10.6 Å². The second-order valence-corrected chi connectivity index (χ2v) is 7.11. The average Bonchev–Trinajstić information content (AvgIpc) is 3.04. The first-order chi connectivity index (χ1) is 12.5. The largest absolute Gasteiger partial charge is 0.361 e. The quantitative estimate of drug-likeness (QED) is 0.718. The van der Waals surface area contributed by atoms with Gasteiger partial charge in [-0.15, -0.1) is 21.5 Å². The third-order valence-corrected chi connectivity index (χ3v) is 5.40. The van der Waals surface area contributed by atoms with E-state index in [0.717, 1.165) is 21.1 Å². The molecule has 1 atom stereocenters. The average molecular weight is 367 g/mol. The van der Waals surface area contributed by atoms with Crippen LogP contribution in [0, 0.1) is 13.8 Å². The van der Waals surface area contributed by atoms with E-state index in [1.165, 1.54) is 5.56 Å². The number of amides is 1. The molecular weight excluding hydrogens is 346 g/mol. The van der Waals surface area contributed by atoms with Gasteiger partial charge >= 0.3 is 0 Å². The molecule has 6 nitrogen and oxygen atoms in total. The van der Waals surface area contributed by atoms with Gasteiger partial charge in [0.25, 0.3) is 5.91 Å². The molecular formula is C19H21N5OS. The molecule has 0 aliphatic rings. The summed E-state index contributed by atoms with van der Waals surface area (Å²) in [5.41, 5.74) is 3.65. The van der Waals surface area contributed by atoms with Crippen molar-refractivity contribution in [1.29, 1.82) is 0 Å². The lowest BCUT2D eigenvalue weighted by atomic mass is 10.2. The summed E-state index contributed by atoms with van der Waals surface area (Å²) in [6, 6.07) is 11.8. The lowest BCUT2D eigenvalue weighted by Gasteiger charge is -2.13. The Morgan fingerprint density at radius 1 is 1.08 bits per heavy atom. The molecule has 0 saturated heterocycles. The highest BCUT2D eigenvalue weighted by molar-refractivity contribution is 7.15. The zero-order valence-corrected chi connectivity index (χ0v) is 16.0. The molecule has 0 fully saturated rings. The maximum Gasteiger partial charge on any atom is 0.271 e. The van der Waals surface area contributed by atoms with Gasteiger partial charge in [-0.2, -0.15) is 0 Å². The zero-order valence-electron chi connectivity index (χ0n) is 15.2. The molecule has 2 N–H and O–H groups in total. The molecule has 1 amide bonds. The van der Waals surface area contributed by atoms with Crippen molar-refractivity contribution in [2.24, 2.45) is 0 Å². The highest BCUT2D eigenvalue weighted by atomic mass is 32.1. The van der Waals surface area contributed by atoms with E-state index in [1.807, 2.05) is 6.92 Å². The summed E-state index contributed by atoms with van der Waals surface area (Å²) >= 11 is 1.67. The van der Waals surface area contributed by atoms with Crippen LogP contribution < -0.4 is 10.6 Å². The van der Waals surface area contributed by atoms with Crippen molar-refractivity contribution in [1.82, 2.24) is 20.5 Å². The van der Waals surface area contributed by atoms with Crippen molar-refractivity contribution in [2.45, 2.75) is 26.8 Å². The van der Waals surface area contributed by atoms with E-state index in [2.05, 4.69) is 58.9 Å². The fourth-order valence-corrected chi connectivity index (χ4v) is 3.65. The Morgan fingerprint density at radius 3 is 2.42 bits per heavy atom. The first-order valence-corrected chi connectivity index (χ1v) is 9.16. The van der Waals surface area contributed by atoms with Gasteiger partial charge in [-0.1, -0.05) is 29.8 Å². The summed E-state index contributed by atoms with van der Waals surface area (Å²) in [4.78, 5) is 17.4. The molecule has 2 aromatic heterocycles. The summed E-state index contributed by atoms with van der Waals surface area (Å²) in [5.74, 6) is 0.368. The molecule has 0 aliphatic carbocycles. The molecule has 3 aromatic rings. The van der Waals surface area contributed by atoms with E-state index in [0.29, 0.717) is 11.5 Å². The van der Waals surface area contributed by atoms with Crippen LogP contribution in [0.3, 0.4) is 0 Å². The van der Waals surface area contributed by atoms with Crippen LogP contribution in [0.15, 0.2) is 36.4 Å². The van der Waals surface area contributed by atoms with Gasteiger partial charge in [0.05, 0.1) is 11.7 Å². The van der Waals surface area contributed by atoms with Gasteiger partial charge in [-0.25, -0.2) is 4.98 Å². The van der Waals surface area contributed by atoms with Gasteiger partial charge in [0.2, 0.25) is 0 Å². The van der Waals surface area contributed by atoms with E-state index in [4.69, 9.17) is 4.98 Å². The number of thiazole rings is 1. The minimum absolute atomic E-state index is 0.0341. The monoisotopic (exact) mass is 367 g/mol. The maximum atomic E-state index is 11.5. The van der Waals surface area contributed by atoms with Crippen molar-refractivity contribution < 1.29 is 4.79 Å². The van der Waals surface area contributed by atoms with Crippen molar-refractivity contribution >= 4 is 23.1 Å². The van der Waals surface area contributed by atoms with Crippen LogP contribution >= 0.6 is 11.3 Å². The third-order valence-electron chi connectivity index (χ3n) is 4.01. The smallest absolute Gasteiger partial charge is 0.271 e. The Morgan fingerprint density at radius 2 is 1.81 bits per heavy atom. The zero-order chi connectivity index (χ0) is 18.7. The molecule has 2 heterocycles. The Balaban J connectivity index is 1.76. The van der Waals surface area contributed by atoms with Crippen LogP contribution in [0.5, 0.6) is 0 Å². The number of anilines is 1. The maximum absolute atomic E-state index is 11.5. The topological polar surface area (TPSA) is 79.8 Å². The number of nitrogens with zero attached hydrogens (tertiary/aromatic N) is 3. The Kier molecular flexibility index (Phi) is 5.27. The number of carbonyl (C=O) groups is 1. The van der Waals surface area contributed by atoms with Crippen molar-refractivity contribution in [3.63, 3.8) is 0 Å². The standard InChI is InChI=1S/C19H21N5OS/c1-11-5-7-14(8-6-11)19-22-13(3)17(26-19)12(2)21-16-10-9-15(23-24-16)18(25)20-4/h5-10,12H,1-4H3,(H,20,25)(H,21,24). The number of rotatable bonds is 5. The Hall–Kier alpha value is -2.80. The fourth-order valence-electron chi connectivity index (χ4n) is 2.58. The van der Waals surface area contributed by atoms with Crippen molar-refractivity contribution in [3.05, 3.63) is 58.2 Å².